The minimum absolute atomic E-state index is 0.0549. The second kappa shape index (κ2) is 10.9. The number of fused-ring (bicyclic) bond motifs is 3. The summed E-state index contributed by atoms with van der Waals surface area (Å²) in [7, 11) is -1.83. The second-order valence-corrected chi connectivity index (χ2v) is 12.2. The lowest BCUT2D eigenvalue weighted by atomic mass is 10.1. The van der Waals surface area contributed by atoms with E-state index in [1.807, 2.05) is 36.1 Å². The van der Waals surface area contributed by atoms with Crippen LogP contribution in [0.25, 0.3) is 0 Å². The zero-order chi connectivity index (χ0) is 29.4. The molecule has 42 heavy (non-hydrogen) atoms. The summed E-state index contributed by atoms with van der Waals surface area (Å²) in [4.78, 5) is 26.1. The van der Waals surface area contributed by atoms with Crippen LogP contribution >= 0.6 is 0 Å². The first kappa shape index (κ1) is 27.5. The summed E-state index contributed by atoms with van der Waals surface area (Å²) >= 11 is 0. The molecule has 0 unspecified atom stereocenters. The summed E-state index contributed by atoms with van der Waals surface area (Å²) in [6, 6.07) is 14.2. The number of anilines is 4. The molecule has 0 atom stereocenters. The fourth-order valence-corrected chi connectivity index (χ4v) is 6.95. The Bertz CT molecular complexity index is 1780. The third-order valence-corrected chi connectivity index (χ3v) is 9.26. The van der Waals surface area contributed by atoms with Crippen LogP contribution in [0.1, 0.15) is 34.0 Å². The van der Waals surface area contributed by atoms with Crippen molar-refractivity contribution in [3.63, 3.8) is 0 Å². The van der Waals surface area contributed by atoms with Crippen LogP contribution in [0.5, 0.6) is 5.75 Å². The molecule has 216 valence electrons. The summed E-state index contributed by atoms with van der Waals surface area (Å²) in [5.74, 6) is 1.64. The Morgan fingerprint density at radius 2 is 1.88 bits per heavy atom. The Labute approximate surface area is 244 Å². The van der Waals surface area contributed by atoms with E-state index in [2.05, 4.69) is 9.97 Å². The minimum Gasteiger partial charge on any atom is -0.619 e. The molecule has 0 aliphatic carbocycles. The van der Waals surface area contributed by atoms with Gasteiger partial charge in [-0.1, -0.05) is 6.07 Å². The second-order valence-electron chi connectivity index (χ2n) is 10.2. The maximum atomic E-state index is 13.4. The molecule has 5 heterocycles. The lowest BCUT2D eigenvalue weighted by Crippen LogP contribution is -2.38. The van der Waals surface area contributed by atoms with Crippen LogP contribution in [-0.4, -0.2) is 50.2 Å². The fourth-order valence-electron chi connectivity index (χ4n) is 5.45. The number of carbonyl (C=O) groups excluding carboxylic acids is 1. The number of hydrogen-bond donors (Lipinski definition) is 0. The van der Waals surface area contributed by atoms with Crippen LogP contribution in [0.3, 0.4) is 0 Å². The van der Waals surface area contributed by atoms with Crippen molar-refractivity contribution >= 4 is 38.9 Å². The molecule has 12 heteroatoms. The Kier molecular flexibility index (Phi) is 7.15. The lowest BCUT2D eigenvalue weighted by molar-refractivity contribution is -0.605. The molecule has 0 radical (unpaired) electrons. The van der Waals surface area contributed by atoms with Crippen molar-refractivity contribution in [2.75, 3.05) is 40.1 Å². The van der Waals surface area contributed by atoms with Gasteiger partial charge in [0.1, 0.15) is 11.6 Å². The average molecular weight is 587 g/mol. The zero-order valence-electron chi connectivity index (χ0n) is 23.3. The van der Waals surface area contributed by atoms with Gasteiger partial charge in [0.2, 0.25) is 10.0 Å². The van der Waals surface area contributed by atoms with Crippen LogP contribution in [0, 0.1) is 5.21 Å². The molecule has 3 aromatic heterocycles. The molecular weight excluding hydrogens is 556 g/mol. The van der Waals surface area contributed by atoms with Crippen molar-refractivity contribution < 1.29 is 22.7 Å². The lowest BCUT2D eigenvalue weighted by Gasteiger charge is -2.31. The van der Waals surface area contributed by atoms with Crippen molar-refractivity contribution in [2.24, 2.45) is 0 Å². The van der Waals surface area contributed by atoms with E-state index in [1.54, 1.807) is 48.6 Å². The standard InChI is InChI=1S/C30H30N6O5S/c1-3-35-28-24(30(37)33(2)26-9-5-13-31-29(26)35)17-21(18-32-28)11-15-41-27-10-4-8-25-23(27)12-16-42(39,40)36(25)20-22-7-6-14-34(38)19-22/h4-10,13-14,17-19H,3,11-12,15-16,20H2,1-2H3. The maximum absolute atomic E-state index is 13.4. The first-order valence-electron chi connectivity index (χ1n) is 13.7. The number of aromatic nitrogens is 3. The van der Waals surface area contributed by atoms with E-state index in [0.29, 0.717) is 64.9 Å². The van der Waals surface area contributed by atoms with Gasteiger partial charge in [-0.05, 0) is 55.3 Å². The van der Waals surface area contributed by atoms with Crippen molar-refractivity contribution in [1.29, 1.82) is 0 Å². The molecule has 0 N–H and O–H groups in total. The number of amides is 1. The number of nitrogens with zero attached hydrogens (tertiary/aromatic N) is 6. The summed E-state index contributed by atoms with van der Waals surface area (Å²) in [5, 5.41) is 11.7. The number of rotatable bonds is 7. The van der Waals surface area contributed by atoms with E-state index < -0.39 is 10.0 Å². The molecule has 11 nitrogen and oxygen atoms in total. The van der Waals surface area contributed by atoms with E-state index in [1.165, 1.54) is 16.7 Å². The molecule has 2 aliphatic rings. The van der Waals surface area contributed by atoms with Crippen LogP contribution in [0.4, 0.5) is 23.0 Å². The molecule has 0 spiro atoms. The smallest absolute Gasteiger partial charge is 0.261 e. The molecule has 0 fully saturated rings. The van der Waals surface area contributed by atoms with Crippen molar-refractivity contribution in [3.05, 3.63) is 101 Å². The summed E-state index contributed by atoms with van der Waals surface area (Å²) in [6.45, 7) is 2.95. The Morgan fingerprint density at radius 3 is 2.69 bits per heavy atom. The van der Waals surface area contributed by atoms with Gasteiger partial charge in [-0.2, -0.15) is 4.73 Å². The van der Waals surface area contributed by atoms with Gasteiger partial charge in [0.25, 0.3) is 5.91 Å². The van der Waals surface area contributed by atoms with Crippen LogP contribution in [0.15, 0.2) is 73.3 Å². The van der Waals surface area contributed by atoms with Gasteiger partial charge in [-0.25, -0.2) is 18.4 Å². The number of hydrogen-bond acceptors (Lipinski definition) is 8. The molecule has 4 aromatic rings. The normalized spacial score (nSPS) is 15.5. The van der Waals surface area contributed by atoms with Gasteiger partial charge in [0, 0.05) is 49.6 Å². The Balaban J connectivity index is 1.22. The van der Waals surface area contributed by atoms with Gasteiger partial charge in [0.15, 0.2) is 18.2 Å². The summed E-state index contributed by atoms with van der Waals surface area (Å²) in [5.41, 5.74) is 4.00. The molecule has 0 saturated heterocycles. The monoisotopic (exact) mass is 586 g/mol. The fraction of sp³-hybridized carbons (Fsp3) is 0.267. The molecule has 1 amide bonds. The van der Waals surface area contributed by atoms with E-state index in [0.717, 1.165) is 16.8 Å². The predicted octanol–water partition coefficient (Wildman–Crippen LogP) is 3.37. The van der Waals surface area contributed by atoms with Gasteiger partial charge in [-0.3, -0.25) is 9.10 Å². The third kappa shape index (κ3) is 4.98. The van der Waals surface area contributed by atoms with Gasteiger partial charge in [-0.15, -0.1) is 0 Å². The van der Waals surface area contributed by atoms with Gasteiger partial charge >= 0.3 is 0 Å². The highest BCUT2D eigenvalue weighted by molar-refractivity contribution is 7.92. The van der Waals surface area contributed by atoms with Crippen LogP contribution in [-0.2, 0) is 29.4 Å². The molecule has 2 aliphatic heterocycles. The van der Waals surface area contributed by atoms with Crippen molar-refractivity contribution in [3.8, 4) is 5.75 Å². The minimum atomic E-state index is -3.56. The highest BCUT2D eigenvalue weighted by atomic mass is 32.2. The average Bonchev–Trinajstić information content (AvgIpc) is 3.07. The number of ether oxygens (including phenoxy) is 1. The quantitative estimate of drug-likeness (QED) is 0.239. The number of benzene rings is 1. The SMILES string of the molecule is CCN1c2ncc(CCOc3cccc4c3CCS(=O)(=O)N4Cc3ccc[n+]([O-])c3)cc2C(=O)N(C)c2cccnc21. The van der Waals surface area contributed by atoms with Crippen molar-refractivity contribution in [2.45, 2.75) is 26.3 Å². The third-order valence-electron chi connectivity index (χ3n) is 7.55. The summed E-state index contributed by atoms with van der Waals surface area (Å²) < 4.78 is 34.2. The van der Waals surface area contributed by atoms with Crippen LogP contribution < -0.4 is 23.6 Å². The molecule has 0 saturated carbocycles. The first-order chi connectivity index (χ1) is 20.3. The summed E-state index contributed by atoms with van der Waals surface area (Å²) in [6.07, 6.45) is 7.00. The van der Waals surface area contributed by atoms with Gasteiger partial charge < -0.3 is 19.7 Å². The first-order valence-corrected chi connectivity index (χ1v) is 15.3. The van der Waals surface area contributed by atoms with Crippen molar-refractivity contribution in [1.82, 2.24) is 9.97 Å². The number of carbonyl (C=O) groups is 1. The van der Waals surface area contributed by atoms with E-state index in [-0.39, 0.29) is 18.2 Å². The highest BCUT2D eigenvalue weighted by Crippen LogP contribution is 2.38. The molecule has 1 aromatic carbocycles. The number of sulfonamides is 1. The highest BCUT2D eigenvalue weighted by Gasteiger charge is 2.33. The Morgan fingerprint density at radius 1 is 1.05 bits per heavy atom. The molecule has 0 bridgehead atoms. The topological polar surface area (TPSA) is 123 Å². The maximum Gasteiger partial charge on any atom is 0.261 e. The Hall–Kier alpha value is -4.71. The number of pyridine rings is 3. The van der Waals surface area contributed by atoms with E-state index in [9.17, 15) is 18.4 Å². The van der Waals surface area contributed by atoms with E-state index >= 15 is 0 Å². The van der Waals surface area contributed by atoms with E-state index in [4.69, 9.17) is 4.74 Å². The predicted molar refractivity (Wildman–Crippen MR) is 159 cm³/mol. The molecular formula is C30H30N6O5S. The van der Waals surface area contributed by atoms with Crippen LogP contribution in [0.2, 0.25) is 0 Å². The zero-order valence-corrected chi connectivity index (χ0v) is 24.1. The van der Waals surface area contributed by atoms with Gasteiger partial charge in [0.05, 0.1) is 35.8 Å². The molecule has 6 rings (SSSR count). The largest absolute Gasteiger partial charge is 0.619 e.